The van der Waals surface area contributed by atoms with Crippen molar-refractivity contribution in [3.8, 4) is 11.1 Å². The molecule has 0 aliphatic rings. The maximum absolute atomic E-state index is 11.1. The van der Waals surface area contributed by atoms with Crippen LogP contribution in [0.3, 0.4) is 0 Å². The van der Waals surface area contributed by atoms with Gasteiger partial charge in [0.2, 0.25) is 0 Å². The van der Waals surface area contributed by atoms with E-state index in [1.54, 1.807) is 36.4 Å². The molecule has 4 nitrogen and oxygen atoms in total. The standard InChI is InChI=1S/C14H11ClO4S/c15-20(18,19)13-7-5-12(6-8-13)11-3-1-10(2-4-11)9-14(16)17/h1-8H,9H2,(H,16,17). The van der Waals surface area contributed by atoms with E-state index in [4.69, 9.17) is 15.8 Å². The highest BCUT2D eigenvalue weighted by molar-refractivity contribution is 8.13. The molecule has 0 aromatic heterocycles. The van der Waals surface area contributed by atoms with Crippen LogP contribution in [0.15, 0.2) is 53.4 Å². The molecule has 0 radical (unpaired) electrons. The summed E-state index contributed by atoms with van der Waals surface area (Å²) in [6, 6.07) is 13.2. The van der Waals surface area contributed by atoms with Crippen LogP contribution in [0.25, 0.3) is 11.1 Å². The van der Waals surface area contributed by atoms with E-state index in [0.29, 0.717) is 5.56 Å². The summed E-state index contributed by atoms with van der Waals surface area (Å²) in [5.41, 5.74) is 2.41. The van der Waals surface area contributed by atoms with Crippen molar-refractivity contribution >= 4 is 25.7 Å². The van der Waals surface area contributed by atoms with Crippen molar-refractivity contribution in [2.45, 2.75) is 11.3 Å². The molecule has 0 unspecified atom stereocenters. The minimum Gasteiger partial charge on any atom is -0.481 e. The number of halogens is 1. The monoisotopic (exact) mass is 310 g/mol. The number of carboxylic acid groups (broad SMARTS) is 1. The largest absolute Gasteiger partial charge is 0.481 e. The first kappa shape index (κ1) is 14.6. The number of rotatable bonds is 4. The quantitative estimate of drug-likeness (QED) is 0.881. The third-order valence-electron chi connectivity index (χ3n) is 2.78. The van der Waals surface area contributed by atoms with E-state index in [-0.39, 0.29) is 11.3 Å². The third kappa shape index (κ3) is 3.59. The molecular formula is C14H11ClO4S. The van der Waals surface area contributed by atoms with Crippen molar-refractivity contribution in [2.75, 3.05) is 0 Å². The van der Waals surface area contributed by atoms with Gasteiger partial charge in [-0.25, -0.2) is 8.42 Å². The highest BCUT2D eigenvalue weighted by Crippen LogP contribution is 2.23. The molecule has 6 heteroatoms. The Morgan fingerprint density at radius 1 is 0.950 bits per heavy atom. The van der Waals surface area contributed by atoms with Gasteiger partial charge < -0.3 is 5.11 Å². The Labute approximate surface area is 121 Å². The van der Waals surface area contributed by atoms with Crippen LogP contribution < -0.4 is 0 Å². The maximum atomic E-state index is 11.1. The molecule has 2 aromatic rings. The van der Waals surface area contributed by atoms with Crippen molar-refractivity contribution in [3.63, 3.8) is 0 Å². The van der Waals surface area contributed by atoms with Gasteiger partial charge in [0.15, 0.2) is 0 Å². The fourth-order valence-corrected chi connectivity index (χ4v) is 2.57. The molecule has 104 valence electrons. The number of aliphatic carboxylic acids is 1. The van der Waals surface area contributed by atoms with Gasteiger partial charge in [-0.1, -0.05) is 36.4 Å². The van der Waals surface area contributed by atoms with E-state index in [1.807, 2.05) is 0 Å². The van der Waals surface area contributed by atoms with Crippen molar-refractivity contribution in [3.05, 3.63) is 54.1 Å². The fraction of sp³-hybridized carbons (Fsp3) is 0.0714. The summed E-state index contributed by atoms with van der Waals surface area (Å²) in [4.78, 5) is 10.6. The first-order valence-corrected chi connectivity index (χ1v) is 8.03. The van der Waals surface area contributed by atoms with Gasteiger partial charge in [0.1, 0.15) is 0 Å². The van der Waals surface area contributed by atoms with Gasteiger partial charge in [-0.15, -0.1) is 0 Å². The average molecular weight is 311 g/mol. The molecule has 0 fully saturated rings. The first-order chi connectivity index (χ1) is 9.36. The Kier molecular flexibility index (Phi) is 4.11. The zero-order chi connectivity index (χ0) is 14.8. The van der Waals surface area contributed by atoms with Gasteiger partial charge in [-0.3, -0.25) is 4.79 Å². The van der Waals surface area contributed by atoms with Gasteiger partial charge >= 0.3 is 5.97 Å². The summed E-state index contributed by atoms with van der Waals surface area (Å²) in [6.45, 7) is 0. The summed E-state index contributed by atoms with van der Waals surface area (Å²) in [6.07, 6.45) is -0.0241. The van der Waals surface area contributed by atoms with E-state index in [2.05, 4.69) is 0 Å². The molecule has 0 amide bonds. The highest BCUT2D eigenvalue weighted by atomic mass is 35.7. The van der Waals surface area contributed by atoms with Gasteiger partial charge in [0.05, 0.1) is 11.3 Å². The van der Waals surface area contributed by atoms with Crippen LogP contribution in [-0.2, 0) is 20.3 Å². The van der Waals surface area contributed by atoms with Gasteiger partial charge in [-0.05, 0) is 28.8 Å². The van der Waals surface area contributed by atoms with E-state index in [9.17, 15) is 13.2 Å². The minimum atomic E-state index is -3.72. The Morgan fingerprint density at radius 3 is 1.80 bits per heavy atom. The van der Waals surface area contributed by atoms with Crippen molar-refractivity contribution in [2.24, 2.45) is 0 Å². The molecule has 0 saturated carbocycles. The number of carbonyl (C=O) groups is 1. The summed E-state index contributed by atoms with van der Waals surface area (Å²) >= 11 is 0. The van der Waals surface area contributed by atoms with Crippen LogP contribution in [0.5, 0.6) is 0 Å². The SMILES string of the molecule is O=C(O)Cc1ccc(-c2ccc(S(=O)(=O)Cl)cc2)cc1. The van der Waals surface area contributed by atoms with Crippen LogP contribution in [0.1, 0.15) is 5.56 Å². The van der Waals surface area contributed by atoms with Crippen LogP contribution in [0, 0.1) is 0 Å². The molecule has 20 heavy (non-hydrogen) atoms. The van der Waals surface area contributed by atoms with Gasteiger partial charge in [-0.2, -0.15) is 0 Å². The number of carboxylic acids is 1. The Bertz CT molecular complexity index is 719. The van der Waals surface area contributed by atoms with E-state index >= 15 is 0 Å². The zero-order valence-corrected chi connectivity index (χ0v) is 11.9. The van der Waals surface area contributed by atoms with E-state index in [1.165, 1.54) is 12.1 Å². The topological polar surface area (TPSA) is 71.4 Å². The lowest BCUT2D eigenvalue weighted by Gasteiger charge is -2.04. The van der Waals surface area contributed by atoms with Crippen molar-refractivity contribution < 1.29 is 18.3 Å². The molecule has 0 bridgehead atoms. The second kappa shape index (κ2) is 5.64. The van der Waals surface area contributed by atoms with Gasteiger partial charge in [0.25, 0.3) is 9.05 Å². The predicted molar refractivity (Wildman–Crippen MR) is 76.3 cm³/mol. The van der Waals surface area contributed by atoms with E-state index < -0.39 is 15.0 Å². The normalized spacial score (nSPS) is 11.2. The second-order valence-electron chi connectivity index (χ2n) is 4.23. The zero-order valence-electron chi connectivity index (χ0n) is 10.3. The summed E-state index contributed by atoms with van der Waals surface area (Å²) < 4.78 is 22.3. The lowest BCUT2D eigenvalue weighted by atomic mass is 10.0. The molecule has 0 saturated heterocycles. The minimum absolute atomic E-state index is 0.0241. The third-order valence-corrected chi connectivity index (χ3v) is 4.15. The lowest BCUT2D eigenvalue weighted by Crippen LogP contribution is -1.99. The molecule has 0 atom stereocenters. The second-order valence-corrected chi connectivity index (χ2v) is 6.80. The van der Waals surface area contributed by atoms with E-state index in [0.717, 1.165) is 11.1 Å². The van der Waals surface area contributed by atoms with Crippen molar-refractivity contribution in [1.29, 1.82) is 0 Å². The number of hydrogen-bond acceptors (Lipinski definition) is 3. The van der Waals surface area contributed by atoms with Crippen molar-refractivity contribution in [1.82, 2.24) is 0 Å². The summed E-state index contributed by atoms with van der Waals surface area (Å²) in [5, 5.41) is 8.69. The highest BCUT2D eigenvalue weighted by Gasteiger charge is 2.09. The van der Waals surface area contributed by atoms with Crippen LogP contribution in [0.2, 0.25) is 0 Å². The molecule has 0 heterocycles. The Balaban J connectivity index is 2.26. The molecule has 2 aromatic carbocycles. The smallest absolute Gasteiger partial charge is 0.307 e. The Hall–Kier alpha value is -1.85. The fourth-order valence-electron chi connectivity index (χ4n) is 1.80. The van der Waals surface area contributed by atoms with Crippen LogP contribution >= 0.6 is 10.7 Å². The number of benzene rings is 2. The van der Waals surface area contributed by atoms with Crippen LogP contribution in [-0.4, -0.2) is 19.5 Å². The molecule has 1 N–H and O–H groups in total. The molecule has 0 spiro atoms. The lowest BCUT2D eigenvalue weighted by molar-refractivity contribution is -0.136. The Morgan fingerprint density at radius 2 is 1.40 bits per heavy atom. The summed E-state index contributed by atoms with van der Waals surface area (Å²) in [7, 11) is 1.53. The maximum Gasteiger partial charge on any atom is 0.307 e. The van der Waals surface area contributed by atoms with Crippen LogP contribution in [0.4, 0.5) is 0 Å². The molecule has 2 rings (SSSR count). The number of hydrogen-bond donors (Lipinski definition) is 1. The first-order valence-electron chi connectivity index (χ1n) is 5.72. The summed E-state index contributed by atoms with van der Waals surface area (Å²) in [5.74, 6) is -0.880. The average Bonchev–Trinajstić information content (AvgIpc) is 2.38. The molecule has 0 aliphatic heterocycles. The molecular weight excluding hydrogens is 300 g/mol. The van der Waals surface area contributed by atoms with Gasteiger partial charge in [0, 0.05) is 10.7 Å². The molecule has 0 aliphatic carbocycles. The predicted octanol–water partition coefficient (Wildman–Crippen LogP) is 2.91.